The molecule has 0 aliphatic carbocycles. The van der Waals surface area contributed by atoms with Gasteiger partial charge in [-0.25, -0.2) is 0 Å². The number of nitrogens with two attached hydrogens (primary N) is 1. The molecule has 0 spiro atoms. The SMILES string of the molecule is CNc1ccc(Br)cc1CC[C@H](N)C=O. The first-order chi connectivity index (χ1) is 7.17. The second kappa shape index (κ2) is 5.88. The van der Waals surface area contributed by atoms with Crippen molar-refractivity contribution in [3.63, 3.8) is 0 Å². The molecule has 4 heteroatoms. The molecular formula is C11H15BrN2O. The predicted molar refractivity (Wildman–Crippen MR) is 66.0 cm³/mol. The van der Waals surface area contributed by atoms with Gasteiger partial charge in [-0.15, -0.1) is 0 Å². The summed E-state index contributed by atoms with van der Waals surface area (Å²) in [6.07, 6.45) is 2.27. The van der Waals surface area contributed by atoms with Crippen LogP contribution in [0.2, 0.25) is 0 Å². The third kappa shape index (κ3) is 3.64. The molecule has 3 nitrogen and oxygen atoms in total. The van der Waals surface area contributed by atoms with Crippen molar-refractivity contribution in [2.45, 2.75) is 18.9 Å². The van der Waals surface area contributed by atoms with Crippen molar-refractivity contribution in [3.8, 4) is 0 Å². The second-order valence-electron chi connectivity index (χ2n) is 3.39. The Morgan fingerprint density at radius 3 is 2.93 bits per heavy atom. The van der Waals surface area contributed by atoms with E-state index in [9.17, 15) is 4.79 Å². The van der Waals surface area contributed by atoms with Gasteiger partial charge in [0.15, 0.2) is 0 Å². The smallest absolute Gasteiger partial charge is 0.136 e. The lowest BCUT2D eigenvalue weighted by atomic mass is 10.0. The predicted octanol–water partition coefficient (Wildman–Crippen LogP) is 1.95. The Hall–Kier alpha value is -0.870. The molecule has 0 radical (unpaired) electrons. The van der Waals surface area contributed by atoms with Crippen LogP contribution in [0.15, 0.2) is 22.7 Å². The number of aldehydes is 1. The summed E-state index contributed by atoms with van der Waals surface area (Å²) in [4.78, 5) is 10.4. The maximum absolute atomic E-state index is 10.4. The number of rotatable bonds is 5. The van der Waals surface area contributed by atoms with Crippen molar-refractivity contribution in [1.29, 1.82) is 0 Å². The maximum atomic E-state index is 10.4. The van der Waals surface area contributed by atoms with Crippen LogP contribution in [0.3, 0.4) is 0 Å². The zero-order chi connectivity index (χ0) is 11.3. The van der Waals surface area contributed by atoms with E-state index >= 15 is 0 Å². The van der Waals surface area contributed by atoms with E-state index in [0.29, 0.717) is 6.42 Å². The molecule has 0 aliphatic heterocycles. The highest BCUT2D eigenvalue weighted by Gasteiger charge is 2.05. The number of benzene rings is 1. The number of carbonyl (C=O) groups is 1. The molecule has 1 rings (SSSR count). The topological polar surface area (TPSA) is 55.1 Å². The summed E-state index contributed by atoms with van der Waals surface area (Å²) in [6.45, 7) is 0. The van der Waals surface area contributed by atoms with Gasteiger partial charge in [-0.1, -0.05) is 15.9 Å². The van der Waals surface area contributed by atoms with Gasteiger partial charge in [0.25, 0.3) is 0 Å². The molecule has 0 aliphatic rings. The number of hydrogen-bond donors (Lipinski definition) is 2. The quantitative estimate of drug-likeness (QED) is 0.805. The van der Waals surface area contributed by atoms with Crippen LogP contribution < -0.4 is 11.1 Å². The van der Waals surface area contributed by atoms with Crippen LogP contribution in [-0.4, -0.2) is 19.4 Å². The molecule has 0 saturated carbocycles. The van der Waals surface area contributed by atoms with Gasteiger partial charge in [-0.3, -0.25) is 0 Å². The summed E-state index contributed by atoms with van der Waals surface area (Å²) < 4.78 is 1.04. The normalized spacial score (nSPS) is 12.2. The van der Waals surface area contributed by atoms with Gasteiger partial charge in [0.05, 0.1) is 6.04 Å². The molecule has 0 heterocycles. The van der Waals surface area contributed by atoms with Gasteiger partial charge in [-0.05, 0) is 36.6 Å². The van der Waals surface area contributed by atoms with Gasteiger partial charge in [-0.2, -0.15) is 0 Å². The fourth-order valence-corrected chi connectivity index (χ4v) is 1.81. The molecule has 1 aromatic carbocycles. The highest BCUT2D eigenvalue weighted by atomic mass is 79.9. The Kier molecular flexibility index (Phi) is 4.78. The van der Waals surface area contributed by atoms with Crippen molar-refractivity contribution >= 4 is 27.9 Å². The Balaban J connectivity index is 2.73. The second-order valence-corrected chi connectivity index (χ2v) is 4.31. The molecule has 0 unspecified atom stereocenters. The first kappa shape index (κ1) is 12.2. The van der Waals surface area contributed by atoms with Crippen LogP contribution in [-0.2, 0) is 11.2 Å². The van der Waals surface area contributed by atoms with E-state index < -0.39 is 0 Å². The van der Waals surface area contributed by atoms with E-state index in [-0.39, 0.29) is 6.04 Å². The summed E-state index contributed by atoms with van der Waals surface area (Å²) in [7, 11) is 1.88. The minimum absolute atomic E-state index is 0.367. The molecule has 0 saturated heterocycles. The molecule has 3 N–H and O–H groups in total. The molecule has 0 aromatic heterocycles. The van der Waals surface area contributed by atoms with E-state index in [4.69, 9.17) is 5.73 Å². The maximum Gasteiger partial charge on any atom is 0.136 e. The lowest BCUT2D eigenvalue weighted by Gasteiger charge is -2.10. The molecule has 0 fully saturated rings. The Bertz CT molecular complexity index is 341. The van der Waals surface area contributed by atoms with Crippen LogP contribution >= 0.6 is 15.9 Å². The molecule has 1 aromatic rings. The van der Waals surface area contributed by atoms with Crippen molar-refractivity contribution in [1.82, 2.24) is 0 Å². The van der Waals surface area contributed by atoms with E-state index in [0.717, 1.165) is 22.9 Å². The summed E-state index contributed by atoms with van der Waals surface area (Å²) in [5.74, 6) is 0. The van der Waals surface area contributed by atoms with Crippen LogP contribution in [0.4, 0.5) is 5.69 Å². The van der Waals surface area contributed by atoms with Gasteiger partial charge >= 0.3 is 0 Å². The zero-order valence-corrected chi connectivity index (χ0v) is 10.3. The molecule has 0 bridgehead atoms. The standard InChI is InChI=1S/C11H15BrN2O/c1-14-11-5-3-9(12)6-8(11)2-4-10(13)7-15/h3,5-7,10,14H,2,4,13H2,1H3/t10-/m0/s1. The van der Waals surface area contributed by atoms with Gasteiger partial charge in [0.2, 0.25) is 0 Å². The van der Waals surface area contributed by atoms with Crippen molar-refractivity contribution < 1.29 is 4.79 Å². The van der Waals surface area contributed by atoms with Crippen molar-refractivity contribution in [2.75, 3.05) is 12.4 Å². The lowest BCUT2D eigenvalue weighted by Crippen LogP contribution is -2.22. The van der Waals surface area contributed by atoms with Crippen LogP contribution in [0.5, 0.6) is 0 Å². The summed E-state index contributed by atoms with van der Waals surface area (Å²) >= 11 is 3.42. The fourth-order valence-electron chi connectivity index (χ4n) is 1.40. The number of hydrogen-bond acceptors (Lipinski definition) is 3. The lowest BCUT2D eigenvalue weighted by molar-refractivity contribution is -0.109. The number of carbonyl (C=O) groups excluding carboxylic acids is 1. The summed E-state index contributed by atoms with van der Waals surface area (Å²) in [5.41, 5.74) is 7.80. The fraction of sp³-hybridized carbons (Fsp3) is 0.364. The molecule has 82 valence electrons. The third-order valence-electron chi connectivity index (χ3n) is 2.26. The summed E-state index contributed by atoms with van der Waals surface area (Å²) in [5, 5.41) is 3.11. The van der Waals surface area contributed by atoms with Crippen molar-refractivity contribution in [3.05, 3.63) is 28.2 Å². The van der Waals surface area contributed by atoms with Crippen molar-refractivity contribution in [2.24, 2.45) is 5.73 Å². The number of halogens is 1. The van der Waals surface area contributed by atoms with E-state index in [2.05, 4.69) is 21.2 Å². The summed E-state index contributed by atoms with van der Waals surface area (Å²) in [6, 6.07) is 5.66. The van der Waals surface area contributed by atoms with E-state index in [1.54, 1.807) is 0 Å². The molecule has 15 heavy (non-hydrogen) atoms. The molecular weight excluding hydrogens is 256 g/mol. The average Bonchev–Trinajstić information content (AvgIpc) is 2.26. The zero-order valence-electron chi connectivity index (χ0n) is 8.66. The van der Waals surface area contributed by atoms with Gasteiger partial charge in [0.1, 0.15) is 6.29 Å². The average molecular weight is 271 g/mol. The monoisotopic (exact) mass is 270 g/mol. The highest BCUT2D eigenvalue weighted by Crippen LogP contribution is 2.22. The number of anilines is 1. The first-order valence-electron chi connectivity index (χ1n) is 4.84. The van der Waals surface area contributed by atoms with E-state index in [1.807, 2.05) is 25.2 Å². The van der Waals surface area contributed by atoms with Crippen LogP contribution in [0, 0.1) is 0 Å². The Morgan fingerprint density at radius 2 is 2.33 bits per heavy atom. The minimum Gasteiger partial charge on any atom is -0.388 e. The van der Waals surface area contributed by atoms with Crippen LogP contribution in [0.1, 0.15) is 12.0 Å². The Morgan fingerprint density at radius 1 is 1.60 bits per heavy atom. The number of aryl methyl sites for hydroxylation is 1. The number of nitrogens with one attached hydrogen (secondary N) is 1. The van der Waals surface area contributed by atoms with Gasteiger partial charge in [0, 0.05) is 17.2 Å². The van der Waals surface area contributed by atoms with E-state index in [1.165, 1.54) is 5.56 Å². The van der Waals surface area contributed by atoms with Crippen LogP contribution in [0.25, 0.3) is 0 Å². The highest BCUT2D eigenvalue weighted by molar-refractivity contribution is 9.10. The molecule has 0 amide bonds. The molecule has 1 atom stereocenters. The Labute approximate surface area is 98.2 Å². The minimum atomic E-state index is -0.367. The third-order valence-corrected chi connectivity index (χ3v) is 2.75. The first-order valence-corrected chi connectivity index (χ1v) is 5.63. The largest absolute Gasteiger partial charge is 0.388 e. The van der Waals surface area contributed by atoms with Gasteiger partial charge < -0.3 is 15.8 Å².